The van der Waals surface area contributed by atoms with Crippen LogP contribution < -0.4 is 10.1 Å². The molecule has 2 amide bonds. The zero-order chi connectivity index (χ0) is 24.4. The summed E-state index contributed by atoms with van der Waals surface area (Å²) in [5, 5.41) is 9.34. The molecule has 0 saturated heterocycles. The van der Waals surface area contributed by atoms with E-state index in [0.29, 0.717) is 24.9 Å². The van der Waals surface area contributed by atoms with E-state index >= 15 is 0 Å². The lowest BCUT2D eigenvalue weighted by atomic mass is 9.94. The highest BCUT2D eigenvalue weighted by Crippen LogP contribution is 2.38. The van der Waals surface area contributed by atoms with Crippen molar-refractivity contribution in [3.63, 3.8) is 0 Å². The summed E-state index contributed by atoms with van der Waals surface area (Å²) in [5.41, 5.74) is 4.66. The third-order valence-electron chi connectivity index (χ3n) is 5.98. The molecular weight excluding hydrogens is 460 g/mol. The van der Waals surface area contributed by atoms with E-state index in [1.54, 1.807) is 16.2 Å². The molecule has 1 aliphatic rings. The molecule has 4 aromatic rings. The van der Waals surface area contributed by atoms with Crippen LogP contribution in [0.4, 0.5) is 4.79 Å². The highest BCUT2D eigenvalue weighted by atomic mass is 32.1. The summed E-state index contributed by atoms with van der Waals surface area (Å²) >= 11 is 1.55. The van der Waals surface area contributed by atoms with E-state index in [-0.39, 0.29) is 6.03 Å². The van der Waals surface area contributed by atoms with Crippen LogP contribution in [0.15, 0.2) is 76.3 Å². The predicted molar refractivity (Wildman–Crippen MR) is 136 cm³/mol. The van der Waals surface area contributed by atoms with Gasteiger partial charge < -0.3 is 14.6 Å². The average Bonchev–Trinajstić information content (AvgIpc) is 3.56. The van der Waals surface area contributed by atoms with Gasteiger partial charge in [0.15, 0.2) is 0 Å². The van der Waals surface area contributed by atoms with Gasteiger partial charge in [-0.1, -0.05) is 53.2 Å². The first-order valence-electron chi connectivity index (χ1n) is 11.5. The van der Waals surface area contributed by atoms with Gasteiger partial charge in [0.05, 0.1) is 29.6 Å². The standard InChI is InChI=1S/C27H26N4O3S/c1-4-33-21-13-11-20(12-14-21)24-23(26-29-25(30-34-26)22-6-5-15-35-22)18(3)31(27(32)28-24)16-19-9-7-17(2)8-10-19/h5-15,24H,4,16H2,1-3H3,(H,28,32). The highest BCUT2D eigenvalue weighted by Gasteiger charge is 2.35. The number of carbonyl (C=O) groups is 1. The number of allylic oxidation sites excluding steroid dienone is 1. The zero-order valence-corrected chi connectivity index (χ0v) is 20.6. The van der Waals surface area contributed by atoms with Crippen LogP contribution in [-0.4, -0.2) is 27.7 Å². The van der Waals surface area contributed by atoms with Crippen molar-refractivity contribution in [2.45, 2.75) is 33.4 Å². The largest absolute Gasteiger partial charge is 0.494 e. The van der Waals surface area contributed by atoms with Crippen molar-refractivity contribution in [2.24, 2.45) is 0 Å². The molecule has 1 atom stereocenters. The summed E-state index contributed by atoms with van der Waals surface area (Å²) in [6.07, 6.45) is 0. The molecule has 35 heavy (non-hydrogen) atoms. The van der Waals surface area contributed by atoms with Crippen molar-refractivity contribution in [3.05, 3.63) is 94.3 Å². The van der Waals surface area contributed by atoms with E-state index in [1.807, 2.05) is 86.8 Å². The Morgan fingerprint density at radius 1 is 1.09 bits per heavy atom. The molecule has 1 N–H and O–H groups in total. The molecule has 0 radical (unpaired) electrons. The van der Waals surface area contributed by atoms with E-state index in [0.717, 1.165) is 33.0 Å². The second-order valence-electron chi connectivity index (χ2n) is 8.36. The Kier molecular flexibility index (Phi) is 6.37. The third kappa shape index (κ3) is 4.70. The molecule has 7 nitrogen and oxygen atoms in total. The monoisotopic (exact) mass is 486 g/mol. The smallest absolute Gasteiger partial charge is 0.322 e. The van der Waals surface area contributed by atoms with Gasteiger partial charge in [-0.05, 0) is 55.5 Å². The molecular formula is C27H26N4O3S. The molecule has 2 aromatic heterocycles. The van der Waals surface area contributed by atoms with Gasteiger partial charge in [-0.15, -0.1) is 11.3 Å². The second kappa shape index (κ2) is 9.76. The van der Waals surface area contributed by atoms with Crippen molar-refractivity contribution < 1.29 is 14.1 Å². The summed E-state index contributed by atoms with van der Waals surface area (Å²) in [4.78, 5) is 20.6. The summed E-state index contributed by atoms with van der Waals surface area (Å²) in [5.74, 6) is 1.70. The highest BCUT2D eigenvalue weighted by molar-refractivity contribution is 7.13. The molecule has 2 aromatic carbocycles. The SMILES string of the molecule is CCOc1ccc(C2NC(=O)N(Cc3ccc(C)cc3)C(C)=C2c2nc(-c3cccs3)no2)cc1. The summed E-state index contributed by atoms with van der Waals surface area (Å²) in [6.45, 7) is 6.94. The van der Waals surface area contributed by atoms with E-state index in [2.05, 4.69) is 10.5 Å². The molecule has 1 aliphatic heterocycles. The van der Waals surface area contributed by atoms with E-state index in [4.69, 9.17) is 14.2 Å². The molecule has 8 heteroatoms. The number of aryl methyl sites for hydroxylation is 1. The molecule has 0 bridgehead atoms. The minimum absolute atomic E-state index is 0.177. The van der Waals surface area contributed by atoms with Crippen LogP contribution in [0.25, 0.3) is 16.3 Å². The maximum absolute atomic E-state index is 13.3. The number of urea groups is 1. The number of nitrogens with one attached hydrogen (secondary N) is 1. The van der Waals surface area contributed by atoms with Crippen molar-refractivity contribution in [1.82, 2.24) is 20.4 Å². The van der Waals surface area contributed by atoms with Gasteiger partial charge in [0.2, 0.25) is 5.82 Å². The first kappa shape index (κ1) is 22.9. The molecule has 3 heterocycles. The van der Waals surface area contributed by atoms with Crippen LogP contribution in [0.1, 0.15) is 42.5 Å². The first-order valence-corrected chi connectivity index (χ1v) is 12.4. The first-order chi connectivity index (χ1) is 17.0. The topological polar surface area (TPSA) is 80.5 Å². The molecule has 1 unspecified atom stereocenters. The van der Waals surface area contributed by atoms with Crippen LogP contribution >= 0.6 is 11.3 Å². The molecule has 0 saturated carbocycles. The summed E-state index contributed by atoms with van der Waals surface area (Å²) < 4.78 is 11.3. The lowest BCUT2D eigenvalue weighted by Crippen LogP contribution is -2.45. The Morgan fingerprint density at radius 3 is 2.54 bits per heavy atom. The Balaban J connectivity index is 1.56. The Bertz CT molecular complexity index is 1340. The lowest BCUT2D eigenvalue weighted by Gasteiger charge is -2.35. The van der Waals surface area contributed by atoms with Crippen molar-refractivity contribution in [1.29, 1.82) is 0 Å². The molecule has 5 rings (SSSR count). The Labute approximate surface area is 208 Å². The van der Waals surface area contributed by atoms with Gasteiger partial charge >= 0.3 is 6.03 Å². The van der Waals surface area contributed by atoms with Gasteiger partial charge in [-0.2, -0.15) is 4.98 Å². The number of aromatic nitrogens is 2. The van der Waals surface area contributed by atoms with Crippen LogP contribution in [0.2, 0.25) is 0 Å². The maximum atomic E-state index is 13.3. The van der Waals surface area contributed by atoms with Gasteiger partial charge in [0.1, 0.15) is 5.75 Å². The molecule has 0 spiro atoms. The van der Waals surface area contributed by atoms with Crippen LogP contribution in [0, 0.1) is 6.92 Å². The van der Waals surface area contributed by atoms with Crippen molar-refractivity contribution in [2.75, 3.05) is 6.61 Å². The number of rotatable bonds is 7. The fourth-order valence-corrected chi connectivity index (χ4v) is 4.79. The van der Waals surface area contributed by atoms with E-state index in [9.17, 15) is 4.79 Å². The lowest BCUT2D eigenvalue weighted by molar-refractivity contribution is 0.203. The van der Waals surface area contributed by atoms with Gasteiger partial charge in [-0.25, -0.2) is 4.79 Å². The minimum Gasteiger partial charge on any atom is -0.494 e. The van der Waals surface area contributed by atoms with Crippen LogP contribution in [0.5, 0.6) is 5.75 Å². The average molecular weight is 487 g/mol. The Hall–Kier alpha value is -3.91. The van der Waals surface area contributed by atoms with Crippen molar-refractivity contribution in [3.8, 4) is 16.5 Å². The minimum atomic E-state index is -0.441. The quantitative estimate of drug-likeness (QED) is 0.336. The number of carbonyl (C=O) groups excluding carboxylic acids is 1. The zero-order valence-electron chi connectivity index (χ0n) is 19.8. The van der Waals surface area contributed by atoms with E-state index < -0.39 is 6.04 Å². The fourth-order valence-electron chi connectivity index (χ4n) is 4.14. The number of amides is 2. The summed E-state index contributed by atoms with van der Waals surface area (Å²) in [6, 6.07) is 19.2. The molecule has 0 aliphatic carbocycles. The van der Waals surface area contributed by atoms with E-state index in [1.165, 1.54) is 5.56 Å². The number of thiophene rings is 1. The van der Waals surface area contributed by atoms with Crippen LogP contribution in [0.3, 0.4) is 0 Å². The molecule has 178 valence electrons. The molecule has 0 fully saturated rings. The fraction of sp³-hybridized carbons (Fsp3) is 0.222. The maximum Gasteiger partial charge on any atom is 0.322 e. The summed E-state index contributed by atoms with van der Waals surface area (Å²) in [7, 11) is 0. The normalized spacial score (nSPS) is 15.9. The number of hydrogen-bond donors (Lipinski definition) is 1. The van der Waals surface area contributed by atoms with Gasteiger partial charge in [0.25, 0.3) is 5.89 Å². The predicted octanol–water partition coefficient (Wildman–Crippen LogP) is 6.20. The number of benzene rings is 2. The van der Waals surface area contributed by atoms with Gasteiger partial charge in [-0.3, -0.25) is 4.90 Å². The van der Waals surface area contributed by atoms with Crippen LogP contribution in [-0.2, 0) is 6.54 Å². The third-order valence-corrected chi connectivity index (χ3v) is 6.85. The Morgan fingerprint density at radius 2 is 1.86 bits per heavy atom. The van der Waals surface area contributed by atoms with Crippen molar-refractivity contribution >= 4 is 22.9 Å². The second-order valence-corrected chi connectivity index (χ2v) is 9.30. The number of nitrogens with zero attached hydrogens (tertiary/aromatic N) is 3. The number of hydrogen-bond acceptors (Lipinski definition) is 6. The number of ether oxygens (including phenoxy) is 1. The van der Waals surface area contributed by atoms with Gasteiger partial charge in [0, 0.05) is 5.70 Å².